The van der Waals surface area contributed by atoms with Crippen LogP contribution in [0.4, 0.5) is 8.78 Å². The van der Waals surface area contributed by atoms with Gasteiger partial charge < -0.3 is 10.1 Å². The number of hydrogen-bond acceptors (Lipinski definition) is 4. The van der Waals surface area contributed by atoms with Crippen molar-refractivity contribution in [2.45, 2.75) is 27.0 Å². The highest BCUT2D eigenvalue weighted by molar-refractivity contribution is 7.09. The van der Waals surface area contributed by atoms with Crippen molar-refractivity contribution in [3.63, 3.8) is 0 Å². The van der Waals surface area contributed by atoms with Crippen LogP contribution < -0.4 is 10.1 Å². The van der Waals surface area contributed by atoms with E-state index >= 15 is 0 Å². The van der Waals surface area contributed by atoms with E-state index < -0.39 is 11.6 Å². The first-order valence-corrected chi connectivity index (χ1v) is 7.63. The van der Waals surface area contributed by atoms with E-state index in [-0.39, 0.29) is 12.4 Å². The van der Waals surface area contributed by atoms with Crippen LogP contribution in [0.3, 0.4) is 0 Å². The average molecular weight is 312 g/mol. The number of nitrogens with zero attached hydrogens (tertiary/aromatic N) is 1. The lowest BCUT2D eigenvalue weighted by atomic mass is 10.1. The van der Waals surface area contributed by atoms with E-state index in [0.717, 1.165) is 11.4 Å². The van der Waals surface area contributed by atoms with Gasteiger partial charge in [-0.05, 0) is 30.2 Å². The molecule has 21 heavy (non-hydrogen) atoms. The van der Waals surface area contributed by atoms with E-state index in [0.29, 0.717) is 18.0 Å². The highest BCUT2D eigenvalue weighted by Crippen LogP contribution is 2.24. The molecule has 0 aliphatic carbocycles. The molecule has 2 aromatic rings. The predicted molar refractivity (Wildman–Crippen MR) is 79.3 cm³/mol. The fourth-order valence-electron chi connectivity index (χ4n) is 1.81. The van der Waals surface area contributed by atoms with Gasteiger partial charge in [0.15, 0.2) is 17.4 Å². The van der Waals surface area contributed by atoms with Gasteiger partial charge in [-0.15, -0.1) is 11.3 Å². The van der Waals surface area contributed by atoms with Gasteiger partial charge in [-0.1, -0.05) is 13.8 Å². The highest BCUT2D eigenvalue weighted by atomic mass is 32.1. The summed E-state index contributed by atoms with van der Waals surface area (Å²) >= 11 is 1.38. The van der Waals surface area contributed by atoms with Gasteiger partial charge in [0, 0.05) is 12.7 Å². The third kappa shape index (κ3) is 4.75. The van der Waals surface area contributed by atoms with Crippen LogP contribution in [0.15, 0.2) is 23.8 Å². The summed E-state index contributed by atoms with van der Waals surface area (Å²) in [5.41, 5.74) is 2.21. The number of aromatic nitrogens is 1. The third-order valence-corrected chi connectivity index (χ3v) is 3.54. The van der Waals surface area contributed by atoms with Crippen LogP contribution in [0.1, 0.15) is 24.3 Å². The molecule has 0 saturated carbocycles. The van der Waals surface area contributed by atoms with E-state index in [2.05, 4.69) is 24.1 Å². The van der Waals surface area contributed by atoms with E-state index in [4.69, 9.17) is 4.74 Å². The lowest BCUT2D eigenvalue weighted by Gasteiger charge is -2.11. The summed E-state index contributed by atoms with van der Waals surface area (Å²) in [7, 11) is 0. The van der Waals surface area contributed by atoms with Gasteiger partial charge in [0.1, 0.15) is 6.61 Å². The topological polar surface area (TPSA) is 34.1 Å². The minimum absolute atomic E-state index is 0.115. The summed E-state index contributed by atoms with van der Waals surface area (Å²) < 4.78 is 33.1. The average Bonchev–Trinajstić information content (AvgIpc) is 2.90. The maximum Gasteiger partial charge on any atom is 0.191 e. The highest BCUT2D eigenvalue weighted by Gasteiger charge is 2.13. The molecule has 0 unspecified atom stereocenters. The molecule has 1 aromatic carbocycles. The molecule has 0 bridgehead atoms. The minimum Gasteiger partial charge on any atom is -0.482 e. The van der Waals surface area contributed by atoms with Gasteiger partial charge in [-0.25, -0.2) is 8.78 Å². The maximum atomic E-state index is 13.9. The van der Waals surface area contributed by atoms with Gasteiger partial charge >= 0.3 is 0 Å². The molecule has 0 fully saturated rings. The Kier molecular flexibility index (Phi) is 5.64. The number of rotatable bonds is 7. The van der Waals surface area contributed by atoms with Crippen molar-refractivity contribution in [2.24, 2.45) is 5.92 Å². The first-order chi connectivity index (χ1) is 10.1. The first kappa shape index (κ1) is 15.9. The third-order valence-electron chi connectivity index (χ3n) is 2.78. The molecule has 0 atom stereocenters. The summed E-state index contributed by atoms with van der Waals surface area (Å²) in [4.78, 5) is 4.70. The molecule has 0 aliphatic heterocycles. The maximum absolute atomic E-state index is 13.9. The van der Waals surface area contributed by atoms with Gasteiger partial charge in [0.2, 0.25) is 0 Å². The molecule has 0 amide bonds. The minimum atomic E-state index is -0.680. The van der Waals surface area contributed by atoms with Gasteiger partial charge in [0.05, 0.1) is 10.4 Å². The lowest BCUT2D eigenvalue weighted by molar-refractivity contribution is 0.276. The zero-order chi connectivity index (χ0) is 15.2. The second-order valence-corrected chi connectivity index (χ2v) is 6.14. The van der Waals surface area contributed by atoms with Gasteiger partial charge in [-0.2, -0.15) is 0 Å². The van der Waals surface area contributed by atoms with E-state index in [1.165, 1.54) is 23.5 Å². The Bertz CT molecular complexity index is 550. The molecule has 114 valence electrons. The van der Waals surface area contributed by atoms with Crippen molar-refractivity contribution in [3.8, 4) is 5.75 Å². The van der Waals surface area contributed by atoms with Gasteiger partial charge in [-0.3, -0.25) is 4.98 Å². The van der Waals surface area contributed by atoms with Crippen molar-refractivity contribution in [1.82, 2.24) is 10.3 Å². The van der Waals surface area contributed by atoms with Crippen molar-refractivity contribution in [2.75, 3.05) is 6.54 Å². The number of halogens is 2. The first-order valence-electron chi connectivity index (χ1n) is 6.75. The van der Waals surface area contributed by atoms with Crippen molar-refractivity contribution in [1.29, 1.82) is 0 Å². The second-order valence-electron chi connectivity index (χ2n) is 5.17. The number of ether oxygens (including phenoxy) is 1. The van der Waals surface area contributed by atoms with Crippen molar-refractivity contribution >= 4 is 11.3 Å². The zero-order valence-corrected chi connectivity index (χ0v) is 12.8. The zero-order valence-electron chi connectivity index (χ0n) is 12.0. The monoisotopic (exact) mass is 312 g/mol. The fourth-order valence-corrected chi connectivity index (χ4v) is 2.32. The van der Waals surface area contributed by atoms with Crippen LogP contribution in [-0.2, 0) is 13.2 Å². The molecule has 2 rings (SSSR count). The largest absolute Gasteiger partial charge is 0.482 e. The fraction of sp³-hybridized carbons (Fsp3) is 0.400. The SMILES string of the molecule is CC(C)CNCc1cc(F)c(OCc2cncs2)c(F)c1. The Morgan fingerprint density at radius 2 is 2.00 bits per heavy atom. The van der Waals surface area contributed by atoms with Crippen LogP contribution in [0.2, 0.25) is 0 Å². The number of hydrogen-bond donors (Lipinski definition) is 1. The second kappa shape index (κ2) is 7.47. The van der Waals surface area contributed by atoms with Gasteiger partial charge in [0.25, 0.3) is 0 Å². The van der Waals surface area contributed by atoms with E-state index in [1.807, 2.05) is 0 Å². The Morgan fingerprint density at radius 1 is 1.29 bits per heavy atom. The van der Waals surface area contributed by atoms with E-state index in [9.17, 15) is 8.78 Å². The molecular formula is C15H18F2N2OS. The smallest absolute Gasteiger partial charge is 0.191 e. The Morgan fingerprint density at radius 3 is 2.57 bits per heavy atom. The molecule has 1 N–H and O–H groups in total. The number of nitrogens with one attached hydrogen (secondary N) is 1. The van der Waals surface area contributed by atoms with Crippen LogP contribution >= 0.6 is 11.3 Å². The standard InChI is InChI=1S/C15H18F2N2OS/c1-10(2)5-18-6-11-3-13(16)15(14(17)4-11)20-8-12-7-19-9-21-12/h3-4,7,9-10,18H,5-6,8H2,1-2H3. The Balaban J connectivity index is 1.99. The molecule has 3 nitrogen and oxygen atoms in total. The summed E-state index contributed by atoms with van der Waals surface area (Å²) in [6, 6.07) is 2.61. The predicted octanol–water partition coefficient (Wildman–Crippen LogP) is 3.75. The summed E-state index contributed by atoms with van der Waals surface area (Å²) in [6.45, 7) is 5.49. The van der Waals surface area contributed by atoms with Crippen LogP contribution in [0, 0.1) is 17.6 Å². The van der Waals surface area contributed by atoms with Crippen molar-refractivity contribution in [3.05, 3.63) is 45.9 Å². The summed E-state index contributed by atoms with van der Waals surface area (Å²) in [6.07, 6.45) is 1.62. The van der Waals surface area contributed by atoms with Crippen molar-refractivity contribution < 1.29 is 13.5 Å². The summed E-state index contributed by atoms with van der Waals surface area (Å²) in [5, 5.41) is 3.15. The molecule has 0 saturated heterocycles. The Labute approximate surface area is 127 Å². The van der Waals surface area contributed by atoms with E-state index in [1.54, 1.807) is 11.7 Å². The number of benzene rings is 1. The normalized spacial score (nSPS) is 11.1. The number of thiazole rings is 1. The quantitative estimate of drug-likeness (QED) is 0.845. The molecular weight excluding hydrogens is 294 g/mol. The molecule has 1 aromatic heterocycles. The molecule has 0 spiro atoms. The molecule has 1 heterocycles. The summed E-state index contributed by atoms with van der Waals surface area (Å²) in [5.74, 6) is -1.21. The molecule has 6 heteroatoms. The lowest BCUT2D eigenvalue weighted by Crippen LogP contribution is -2.19. The molecule has 0 radical (unpaired) electrons. The molecule has 0 aliphatic rings. The van der Waals surface area contributed by atoms with Crippen LogP contribution in [-0.4, -0.2) is 11.5 Å². The van der Waals surface area contributed by atoms with Crippen LogP contribution in [0.25, 0.3) is 0 Å². The van der Waals surface area contributed by atoms with Crippen LogP contribution in [0.5, 0.6) is 5.75 Å². The Hall–Kier alpha value is -1.53.